The molecule has 4 heteroatoms. The molecule has 1 aromatic carbocycles. The predicted octanol–water partition coefficient (Wildman–Crippen LogP) is 1.12. The summed E-state index contributed by atoms with van der Waals surface area (Å²) in [7, 11) is 0. The first-order valence-electron chi connectivity index (χ1n) is 4.73. The predicted molar refractivity (Wildman–Crippen MR) is 58.8 cm³/mol. The van der Waals surface area contributed by atoms with Crippen molar-refractivity contribution < 1.29 is 15.3 Å². The highest BCUT2D eigenvalue weighted by molar-refractivity contribution is 6.18. The van der Waals surface area contributed by atoms with Gasteiger partial charge < -0.3 is 15.3 Å². The van der Waals surface area contributed by atoms with Crippen LogP contribution in [-0.4, -0.2) is 27.3 Å². The molecule has 2 atom stereocenters. The molecule has 0 aromatic heterocycles. The Bertz CT molecular complexity index is 328. The minimum atomic E-state index is -1.01. The molecule has 1 rings (SSSR count). The summed E-state index contributed by atoms with van der Waals surface area (Å²) in [6.45, 7) is 1.72. The second-order valence-electron chi connectivity index (χ2n) is 3.46. The molecule has 0 aliphatic heterocycles. The maximum atomic E-state index is 9.77. The Morgan fingerprint density at radius 2 is 2.00 bits per heavy atom. The quantitative estimate of drug-likeness (QED) is 0.680. The van der Waals surface area contributed by atoms with E-state index >= 15 is 0 Å². The molecule has 0 heterocycles. The van der Waals surface area contributed by atoms with E-state index in [0.29, 0.717) is 5.56 Å². The van der Waals surface area contributed by atoms with Gasteiger partial charge in [0.05, 0.1) is 18.6 Å². The van der Waals surface area contributed by atoms with Crippen LogP contribution in [0, 0.1) is 6.92 Å². The zero-order chi connectivity index (χ0) is 11.4. The van der Waals surface area contributed by atoms with E-state index in [0.717, 1.165) is 11.1 Å². The molecule has 0 aliphatic carbocycles. The third-order valence-corrected chi connectivity index (χ3v) is 2.82. The average molecular weight is 231 g/mol. The number of aliphatic hydroxyl groups excluding tert-OH is 3. The van der Waals surface area contributed by atoms with Crippen LogP contribution in [0.4, 0.5) is 0 Å². The standard InChI is InChI=1S/C11H15ClO3/c1-7-8(6-13)3-2-4-9(7)11(15)10(14)5-12/h2-4,10-11,13-15H,5-6H2,1H3. The number of hydrogen-bond acceptors (Lipinski definition) is 3. The highest BCUT2D eigenvalue weighted by atomic mass is 35.5. The SMILES string of the molecule is Cc1c(CO)cccc1C(O)C(O)CCl. The van der Waals surface area contributed by atoms with E-state index in [1.54, 1.807) is 25.1 Å². The minimum Gasteiger partial charge on any atom is -0.392 e. The van der Waals surface area contributed by atoms with Crippen LogP contribution in [0.5, 0.6) is 0 Å². The van der Waals surface area contributed by atoms with Crippen LogP contribution in [0.3, 0.4) is 0 Å². The molecular weight excluding hydrogens is 216 g/mol. The molecule has 0 amide bonds. The maximum absolute atomic E-state index is 9.77. The normalized spacial score (nSPS) is 15.0. The first-order chi connectivity index (χ1) is 7.11. The summed E-state index contributed by atoms with van der Waals surface area (Å²) in [6, 6.07) is 5.23. The van der Waals surface area contributed by atoms with Crippen molar-refractivity contribution in [2.45, 2.75) is 25.7 Å². The molecule has 0 saturated heterocycles. The second-order valence-corrected chi connectivity index (χ2v) is 3.76. The van der Waals surface area contributed by atoms with Gasteiger partial charge in [-0.25, -0.2) is 0 Å². The van der Waals surface area contributed by atoms with Gasteiger partial charge in [-0.1, -0.05) is 18.2 Å². The highest BCUT2D eigenvalue weighted by Crippen LogP contribution is 2.23. The Labute approximate surface area is 93.9 Å². The number of aliphatic hydroxyl groups is 3. The number of alkyl halides is 1. The lowest BCUT2D eigenvalue weighted by atomic mass is 9.96. The van der Waals surface area contributed by atoms with Crippen molar-refractivity contribution in [2.24, 2.45) is 0 Å². The average Bonchev–Trinajstić information content (AvgIpc) is 2.27. The van der Waals surface area contributed by atoms with Crippen molar-refractivity contribution in [3.05, 3.63) is 34.9 Å². The van der Waals surface area contributed by atoms with Crippen LogP contribution < -0.4 is 0 Å². The third kappa shape index (κ3) is 2.69. The summed E-state index contributed by atoms with van der Waals surface area (Å²) in [5, 5.41) is 28.2. The molecule has 0 radical (unpaired) electrons. The molecule has 84 valence electrons. The zero-order valence-electron chi connectivity index (χ0n) is 8.52. The Balaban J connectivity index is 3.03. The number of halogens is 1. The molecule has 0 spiro atoms. The van der Waals surface area contributed by atoms with E-state index in [-0.39, 0.29) is 12.5 Å². The van der Waals surface area contributed by atoms with E-state index in [9.17, 15) is 10.2 Å². The molecule has 3 nitrogen and oxygen atoms in total. The largest absolute Gasteiger partial charge is 0.392 e. The Hall–Kier alpha value is -0.610. The van der Waals surface area contributed by atoms with Gasteiger partial charge in [0.1, 0.15) is 6.10 Å². The summed E-state index contributed by atoms with van der Waals surface area (Å²) in [5.74, 6) is -0.0238. The van der Waals surface area contributed by atoms with Crippen LogP contribution >= 0.6 is 11.6 Å². The van der Waals surface area contributed by atoms with Gasteiger partial charge in [0.25, 0.3) is 0 Å². The van der Waals surface area contributed by atoms with Gasteiger partial charge in [0.15, 0.2) is 0 Å². The van der Waals surface area contributed by atoms with Crippen molar-refractivity contribution in [3.63, 3.8) is 0 Å². The lowest BCUT2D eigenvalue weighted by Gasteiger charge is -2.19. The smallest absolute Gasteiger partial charge is 0.106 e. The van der Waals surface area contributed by atoms with Gasteiger partial charge in [0, 0.05) is 0 Å². The van der Waals surface area contributed by atoms with Gasteiger partial charge in [-0.05, 0) is 23.6 Å². The monoisotopic (exact) mass is 230 g/mol. The fourth-order valence-electron chi connectivity index (χ4n) is 1.49. The van der Waals surface area contributed by atoms with E-state index in [4.69, 9.17) is 16.7 Å². The summed E-state index contributed by atoms with van der Waals surface area (Å²) in [5.41, 5.74) is 2.14. The molecule has 1 aromatic rings. The van der Waals surface area contributed by atoms with Gasteiger partial charge >= 0.3 is 0 Å². The Kier molecular flexibility index (Phi) is 4.54. The maximum Gasteiger partial charge on any atom is 0.106 e. The molecule has 0 fully saturated rings. The minimum absolute atomic E-state index is 0.0238. The Morgan fingerprint density at radius 1 is 1.33 bits per heavy atom. The Morgan fingerprint density at radius 3 is 2.53 bits per heavy atom. The van der Waals surface area contributed by atoms with Crippen LogP contribution in [0.25, 0.3) is 0 Å². The van der Waals surface area contributed by atoms with Crippen molar-refractivity contribution >= 4 is 11.6 Å². The molecule has 0 saturated carbocycles. The van der Waals surface area contributed by atoms with E-state index < -0.39 is 12.2 Å². The summed E-state index contributed by atoms with van der Waals surface area (Å²) in [6.07, 6.45) is -1.99. The molecule has 2 unspecified atom stereocenters. The van der Waals surface area contributed by atoms with Crippen LogP contribution in [-0.2, 0) is 6.61 Å². The zero-order valence-corrected chi connectivity index (χ0v) is 9.28. The van der Waals surface area contributed by atoms with Crippen LogP contribution in [0.15, 0.2) is 18.2 Å². The molecule has 0 aliphatic rings. The number of rotatable bonds is 4. The van der Waals surface area contributed by atoms with Crippen molar-refractivity contribution in [3.8, 4) is 0 Å². The fraction of sp³-hybridized carbons (Fsp3) is 0.455. The topological polar surface area (TPSA) is 60.7 Å². The van der Waals surface area contributed by atoms with Crippen molar-refractivity contribution in [2.75, 3.05) is 5.88 Å². The number of hydrogen-bond donors (Lipinski definition) is 3. The van der Waals surface area contributed by atoms with Crippen LogP contribution in [0.1, 0.15) is 22.8 Å². The first-order valence-corrected chi connectivity index (χ1v) is 5.26. The van der Waals surface area contributed by atoms with Gasteiger partial charge in [-0.2, -0.15) is 0 Å². The summed E-state index contributed by atoms with van der Waals surface area (Å²) < 4.78 is 0. The molecule has 0 bridgehead atoms. The van der Waals surface area contributed by atoms with Gasteiger partial charge in [-0.15, -0.1) is 11.6 Å². The number of benzene rings is 1. The van der Waals surface area contributed by atoms with Crippen molar-refractivity contribution in [1.29, 1.82) is 0 Å². The highest BCUT2D eigenvalue weighted by Gasteiger charge is 2.19. The molecule has 3 N–H and O–H groups in total. The molecular formula is C11H15ClO3. The first kappa shape index (κ1) is 12.5. The molecule has 15 heavy (non-hydrogen) atoms. The summed E-state index contributed by atoms with van der Waals surface area (Å²) in [4.78, 5) is 0. The third-order valence-electron chi connectivity index (χ3n) is 2.50. The summed E-state index contributed by atoms with van der Waals surface area (Å²) >= 11 is 5.46. The van der Waals surface area contributed by atoms with E-state index in [1.165, 1.54) is 0 Å². The fourth-order valence-corrected chi connectivity index (χ4v) is 1.66. The van der Waals surface area contributed by atoms with Gasteiger partial charge in [0.2, 0.25) is 0 Å². The van der Waals surface area contributed by atoms with Gasteiger partial charge in [-0.3, -0.25) is 0 Å². The van der Waals surface area contributed by atoms with Crippen molar-refractivity contribution in [1.82, 2.24) is 0 Å². The lowest BCUT2D eigenvalue weighted by Crippen LogP contribution is -2.20. The second kappa shape index (κ2) is 5.47. The van der Waals surface area contributed by atoms with Crippen LogP contribution in [0.2, 0.25) is 0 Å². The van der Waals surface area contributed by atoms with E-state index in [2.05, 4.69) is 0 Å². The lowest BCUT2D eigenvalue weighted by molar-refractivity contribution is 0.0322. The van der Waals surface area contributed by atoms with E-state index in [1.807, 2.05) is 0 Å².